The zero-order valence-corrected chi connectivity index (χ0v) is 20.3. The molecule has 0 saturated carbocycles. The first-order valence-corrected chi connectivity index (χ1v) is 12.2. The minimum Gasteiger partial charge on any atom is -0.491 e. The number of thiocarbonyl (C=S) groups is 1. The van der Waals surface area contributed by atoms with Gasteiger partial charge in [0.1, 0.15) is 18.5 Å². The Balaban J connectivity index is 1.16. The maximum Gasteiger partial charge on any atom is 0.121 e. The van der Waals surface area contributed by atoms with Crippen LogP contribution in [0.5, 0.6) is 5.75 Å². The van der Waals surface area contributed by atoms with Gasteiger partial charge in [-0.15, -0.1) is 11.3 Å². The average molecular weight is 491 g/mol. The van der Waals surface area contributed by atoms with Crippen LogP contribution in [0, 0.1) is 6.92 Å². The molecule has 0 spiro atoms. The number of aliphatic hydroxyl groups excluding tert-OH is 1. The fraction of sp³-hybridized carbons (Fsp3) is 0.391. The van der Waals surface area contributed by atoms with Gasteiger partial charge in [0.05, 0.1) is 20.2 Å². The molecule has 2 N–H and O–H groups in total. The molecule has 0 aliphatic carbocycles. The number of ether oxygens (including phenoxy) is 1. The van der Waals surface area contributed by atoms with Crippen molar-refractivity contribution < 1.29 is 9.84 Å². The number of aromatic nitrogens is 1. The Morgan fingerprint density at radius 2 is 1.91 bits per heavy atom. The van der Waals surface area contributed by atoms with E-state index in [1.54, 1.807) is 11.3 Å². The fourth-order valence-electron chi connectivity index (χ4n) is 3.72. The number of thiazole rings is 1. The number of aryl methyl sites for hydroxylation is 1. The lowest BCUT2D eigenvalue weighted by atomic mass is 10.2. The molecule has 1 aromatic heterocycles. The number of hydrogen-bond acceptors (Lipinski definition) is 7. The highest BCUT2D eigenvalue weighted by Crippen LogP contribution is 2.25. The number of anilines is 1. The van der Waals surface area contributed by atoms with E-state index in [1.807, 2.05) is 49.4 Å². The minimum absolute atomic E-state index is 0.268. The lowest BCUT2D eigenvalue weighted by molar-refractivity contribution is 0.0489. The van der Waals surface area contributed by atoms with Crippen LogP contribution in [-0.2, 0) is 0 Å². The van der Waals surface area contributed by atoms with Gasteiger partial charge in [-0.25, -0.2) is 4.98 Å². The Hall–Kier alpha value is -1.81. The van der Waals surface area contributed by atoms with Crippen LogP contribution in [0.2, 0.25) is 5.02 Å². The summed E-state index contributed by atoms with van der Waals surface area (Å²) in [5, 5.41) is 15.5. The van der Waals surface area contributed by atoms with Crippen molar-refractivity contribution in [2.45, 2.75) is 13.0 Å². The number of hydrogen-bond donors (Lipinski definition) is 2. The van der Waals surface area contributed by atoms with Crippen molar-refractivity contribution >= 4 is 56.0 Å². The van der Waals surface area contributed by atoms with E-state index >= 15 is 0 Å². The van der Waals surface area contributed by atoms with E-state index in [9.17, 15) is 5.11 Å². The van der Waals surface area contributed by atoms with Crippen LogP contribution in [-0.4, -0.2) is 76.9 Å². The van der Waals surface area contributed by atoms with Gasteiger partial charge < -0.3 is 15.2 Å². The van der Waals surface area contributed by atoms with Gasteiger partial charge in [-0.2, -0.15) is 0 Å². The van der Waals surface area contributed by atoms with E-state index in [-0.39, 0.29) is 6.61 Å². The maximum atomic E-state index is 10.4. The predicted molar refractivity (Wildman–Crippen MR) is 136 cm³/mol. The largest absolute Gasteiger partial charge is 0.491 e. The van der Waals surface area contributed by atoms with Crippen molar-refractivity contribution in [3.8, 4) is 5.75 Å². The molecular formula is C23H27ClN4O2S2. The molecular weight excluding hydrogens is 464 g/mol. The second kappa shape index (κ2) is 10.9. The van der Waals surface area contributed by atoms with E-state index in [0.717, 1.165) is 64.4 Å². The van der Waals surface area contributed by atoms with Crippen molar-refractivity contribution in [3.05, 3.63) is 52.5 Å². The molecule has 6 nitrogen and oxygen atoms in total. The van der Waals surface area contributed by atoms with E-state index in [1.165, 1.54) is 0 Å². The van der Waals surface area contributed by atoms with E-state index in [2.05, 4.69) is 20.1 Å². The molecule has 1 atom stereocenters. The summed E-state index contributed by atoms with van der Waals surface area (Å²) in [6, 6.07) is 13.4. The van der Waals surface area contributed by atoms with Crippen LogP contribution >= 0.6 is 35.2 Å². The number of aliphatic hydroxyl groups is 1. The maximum absolute atomic E-state index is 10.4. The van der Waals surface area contributed by atoms with E-state index < -0.39 is 6.10 Å². The van der Waals surface area contributed by atoms with Gasteiger partial charge in [0.15, 0.2) is 0 Å². The Kier molecular flexibility index (Phi) is 7.93. The van der Waals surface area contributed by atoms with Gasteiger partial charge in [-0.1, -0.05) is 23.8 Å². The SMILES string of the molecule is Cc1nc2cc(OC[C@H](O)CN3CCN(CC(=S)Nc4ccc(Cl)cc4)CC3)ccc2s1. The summed E-state index contributed by atoms with van der Waals surface area (Å²) in [6.07, 6.45) is -0.540. The number of fused-ring (bicyclic) bond motifs is 1. The molecule has 0 unspecified atom stereocenters. The number of nitrogens with zero attached hydrogens (tertiary/aromatic N) is 3. The third kappa shape index (κ3) is 6.60. The lowest BCUT2D eigenvalue weighted by Crippen LogP contribution is -2.50. The van der Waals surface area contributed by atoms with Gasteiger partial charge in [0, 0.05) is 56.0 Å². The molecule has 4 rings (SSSR count). The van der Waals surface area contributed by atoms with Gasteiger partial charge in [-0.3, -0.25) is 9.80 Å². The van der Waals surface area contributed by atoms with Crippen molar-refractivity contribution in [1.29, 1.82) is 0 Å². The molecule has 3 aromatic rings. The summed E-state index contributed by atoms with van der Waals surface area (Å²) in [5.41, 5.74) is 1.89. The van der Waals surface area contributed by atoms with Crippen LogP contribution in [0.4, 0.5) is 5.69 Å². The highest BCUT2D eigenvalue weighted by Gasteiger charge is 2.20. The number of benzene rings is 2. The second-order valence-electron chi connectivity index (χ2n) is 7.96. The zero-order valence-electron chi connectivity index (χ0n) is 18.0. The summed E-state index contributed by atoms with van der Waals surface area (Å²) < 4.78 is 6.96. The molecule has 170 valence electrons. The number of halogens is 1. The second-order valence-corrected chi connectivity index (χ2v) is 10.1. The van der Waals surface area contributed by atoms with Crippen molar-refractivity contribution in [2.24, 2.45) is 0 Å². The Bertz CT molecular complexity index is 1050. The number of β-amino-alcohol motifs (C(OH)–C–C–N with tert-alkyl or cyclic N) is 1. The topological polar surface area (TPSA) is 60.9 Å². The molecule has 0 amide bonds. The number of nitrogens with one attached hydrogen (secondary N) is 1. The monoisotopic (exact) mass is 490 g/mol. The summed E-state index contributed by atoms with van der Waals surface area (Å²) >= 11 is 13.1. The molecule has 9 heteroatoms. The fourth-order valence-corrected chi connectivity index (χ4v) is 4.96. The van der Waals surface area contributed by atoms with Crippen LogP contribution in [0.15, 0.2) is 42.5 Å². The van der Waals surface area contributed by atoms with E-state index in [4.69, 9.17) is 28.6 Å². The van der Waals surface area contributed by atoms with Gasteiger partial charge >= 0.3 is 0 Å². The Morgan fingerprint density at radius 3 is 2.66 bits per heavy atom. The lowest BCUT2D eigenvalue weighted by Gasteiger charge is -2.35. The zero-order chi connectivity index (χ0) is 22.5. The molecule has 0 radical (unpaired) electrons. The van der Waals surface area contributed by atoms with Crippen molar-refractivity contribution in [2.75, 3.05) is 51.2 Å². The highest BCUT2D eigenvalue weighted by molar-refractivity contribution is 7.80. The first-order valence-electron chi connectivity index (χ1n) is 10.6. The van der Waals surface area contributed by atoms with Crippen LogP contribution in [0.1, 0.15) is 5.01 Å². The quantitative estimate of drug-likeness (QED) is 0.462. The van der Waals surface area contributed by atoms with Crippen LogP contribution in [0.3, 0.4) is 0 Å². The molecule has 2 heterocycles. The third-order valence-corrected chi connectivity index (χ3v) is 6.77. The predicted octanol–water partition coefficient (Wildman–Crippen LogP) is 4.05. The van der Waals surface area contributed by atoms with Gasteiger partial charge in [-0.05, 0) is 43.3 Å². The summed E-state index contributed by atoms with van der Waals surface area (Å²) in [4.78, 5) is 9.89. The van der Waals surface area contributed by atoms with Crippen LogP contribution < -0.4 is 10.1 Å². The number of piperazine rings is 1. The normalized spacial score (nSPS) is 16.2. The molecule has 1 fully saturated rings. The summed E-state index contributed by atoms with van der Waals surface area (Å²) in [7, 11) is 0. The van der Waals surface area contributed by atoms with Crippen molar-refractivity contribution in [3.63, 3.8) is 0 Å². The summed E-state index contributed by atoms with van der Waals surface area (Å²) in [6.45, 7) is 7.19. The van der Waals surface area contributed by atoms with Gasteiger partial charge in [0.25, 0.3) is 0 Å². The molecule has 0 bridgehead atoms. The molecule has 2 aromatic carbocycles. The first kappa shape index (κ1) is 23.4. The van der Waals surface area contributed by atoms with Crippen molar-refractivity contribution in [1.82, 2.24) is 14.8 Å². The number of rotatable bonds is 8. The smallest absolute Gasteiger partial charge is 0.121 e. The first-order chi connectivity index (χ1) is 15.4. The Morgan fingerprint density at radius 1 is 1.19 bits per heavy atom. The van der Waals surface area contributed by atoms with E-state index in [0.29, 0.717) is 11.6 Å². The standard InChI is InChI=1S/C23H27ClN4O2S2/c1-16-25-21-12-20(6-7-22(21)32-16)30-15-19(29)13-27-8-10-28(11-9-27)14-23(31)26-18-4-2-17(24)3-5-18/h2-7,12,19,29H,8-11,13-15H2,1H3,(H,26,31)/t19-/m1/s1. The molecule has 1 aliphatic rings. The molecule has 1 aliphatic heterocycles. The Labute approximate surface area is 202 Å². The summed E-state index contributed by atoms with van der Waals surface area (Å²) in [5.74, 6) is 0.744. The minimum atomic E-state index is -0.540. The molecule has 1 saturated heterocycles. The van der Waals surface area contributed by atoms with Gasteiger partial charge in [0.2, 0.25) is 0 Å². The highest BCUT2D eigenvalue weighted by atomic mass is 35.5. The average Bonchev–Trinajstić information content (AvgIpc) is 3.14. The molecule has 32 heavy (non-hydrogen) atoms. The third-order valence-electron chi connectivity index (χ3n) is 5.34. The van der Waals surface area contributed by atoms with Crippen LogP contribution in [0.25, 0.3) is 10.2 Å².